The lowest BCUT2D eigenvalue weighted by molar-refractivity contribution is -0.114. The molecule has 1 aromatic carbocycles. The molecule has 5 nitrogen and oxygen atoms in total. The van der Waals surface area contributed by atoms with Gasteiger partial charge in [-0.15, -0.1) is 11.8 Å². The topological polar surface area (TPSA) is 68.0 Å². The molecule has 7 heteroatoms. The Balaban J connectivity index is 1.83. The fourth-order valence-electron chi connectivity index (χ4n) is 1.18. The van der Waals surface area contributed by atoms with Crippen LogP contribution in [-0.2, 0) is 4.79 Å². The van der Waals surface area contributed by atoms with Crippen molar-refractivity contribution in [2.45, 2.75) is 11.8 Å². The summed E-state index contributed by atoms with van der Waals surface area (Å²) in [5.41, 5.74) is 0. The van der Waals surface area contributed by atoms with E-state index in [0.29, 0.717) is 11.6 Å². The molecule has 0 saturated heterocycles. The van der Waals surface area contributed by atoms with Crippen LogP contribution < -0.4 is 5.32 Å². The van der Waals surface area contributed by atoms with E-state index in [-0.39, 0.29) is 11.9 Å². The van der Waals surface area contributed by atoms with Gasteiger partial charge in [0.15, 0.2) is 5.82 Å². The molecular weight excluding hydrogens is 318 g/mol. The fourth-order valence-corrected chi connectivity index (χ4v) is 2.15. The Morgan fingerprint density at radius 1 is 1.44 bits per heavy atom. The number of nitrogens with one attached hydrogen (secondary N) is 1. The zero-order chi connectivity index (χ0) is 13.0. The van der Waals surface area contributed by atoms with Gasteiger partial charge in [0, 0.05) is 9.37 Å². The van der Waals surface area contributed by atoms with E-state index in [1.54, 1.807) is 6.92 Å². The summed E-state index contributed by atoms with van der Waals surface area (Å²) in [7, 11) is 0. The van der Waals surface area contributed by atoms with Crippen molar-refractivity contribution < 1.29 is 9.32 Å². The number of carbonyl (C=O) groups is 1. The SMILES string of the molecule is Cc1noc(NC(=O)CSc2ccc(Br)cc2)n1. The molecule has 0 fully saturated rings. The van der Waals surface area contributed by atoms with Gasteiger partial charge in [-0.25, -0.2) is 0 Å². The lowest BCUT2D eigenvalue weighted by atomic mass is 10.4. The number of hydrogen-bond donors (Lipinski definition) is 1. The molecule has 1 aromatic heterocycles. The van der Waals surface area contributed by atoms with Crippen molar-refractivity contribution in [1.82, 2.24) is 10.1 Å². The molecule has 1 heterocycles. The predicted octanol–water partition coefficient (Wildman–Crippen LogP) is 2.87. The van der Waals surface area contributed by atoms with Gasteiger partial charge in [0.25, 0.3) is 0 Å². The molecule has 0 aliphatic rings. The largest absolute Gasteiger partial charge is 0.328 e. The number of amides is 1. The van der Waals surface area contributed by atoms with Gasteiger partial charge >= 0.3 is 6.01 Å². The first-order valence-electron chi connectivity index (χ1n) is 5.12. The van der Waals surface area contributed by atoms with Crippen LogP contribution in [0.25, 0.3) is 0 Å². The van der Waals surface area contributed by atoms with Gasteiger partial charge in [0.05, 0.1) is 5.75 Å². The number of benzene rings is 1. The van der Waals surface area contributed by atoms with Crippen LogP contribution >= 0.6 is 27.7 Å². The minimum absolute atomic E-state index is 0.133. The van der Waals surface area contributed by atoms with Crippen molar-refractivity contribution in [3.8, 4) is 0 Å². The first-order valence-corrected chi connectivity index (χ1v) is 6.90. The molecule has 2 aromatic rings. The summed E-state index contributed by atoms with van der Waals surface area (Å²) in [5.74, 6) is 0.612. The van der Waals surface area contributed by atoms with Crippen molar-refractivity contribution in [1.29, 1.82) is 0 Å². The summed E-state index contributed by atoms with van der Waals surface area (Å²) in [5, 5.41) is 6.12. The summed E-state index contributed by atoms with van der Waals surface area (Å²) >= 11 is 4.80. The molecule has 0 saturated carbocycles. The van der Waals surface area contributed by atoms with E-state index in [1.165, 1.54) is 11.8 Å². The zero-order valence-corrected chi connectivity index (χ0v) is 11.9. The molecule has 1 N–H and O–H groups in total. The van der Waals surface area contributed by atoms with E-state index in [0.717, 1.165) is 9.37 Å². The van der Waals surface area contributed by atoms with Crippen molar-refractivity contribution in [2.24, 2.45) is 0 Å². The highest BCUT2D eigenvalue weighted by atomic mass is 79.9. The quantitative estimate of drug-likeness (QED) is 0.874. The van der Waals surface area contributed by atoms with Crippen LogP contribution in [0.5, 0.6) is 0 Å². The molecule has 18 heavy (non-hydrogen) atoms. The molecule has 0 unspecified atom stereocenters. The summed E-state index contributed by atoms with van der Waals surface area (Å²) in [6.45, 7) is 1.69. The van der Waals surface area contributed by atoms with Gasteiger partial charge in [-0.3, -0.25) is 10.1 Å². The first-order chi connectivity index (χ1) is 8.63. The summed E-state index contributed by atoms with van der Waals surface area (Å²) in [6.07, 6.45) is 0. The minimum Gasteiger partial charge on any atom is -0.315 e. The van der Waals surface area contributed by atoms with E-state index >= 15 is 0 Å². The molecule has 0 radical (unpaired) electrons. The number of aromatic nitrogens is 2. The lowest BCUT2D eigenvalue weighted by Gasteiger charge is -2.01. The van der Waals surface area contributed by atoms with E-state index in [9.17, 15) is 4.79 Å². The van der Waals surface area contributed by atoms with E-state index in [4.69, 9.17) is 4.52 Å². The maximum Gasteiger partial charge on any atom is 0.328 e. The van der Waals surface area contributed by atoms with Crippen LogP contribution in [-0.4, -0.2) is 21.8 Å². The van der Waals surface area contributed by atoms with Gasteiger partial charge in [-0.05, 0) is 31.2 Å². The molecule has 0 bridgehead atoms. The van der Waals surface area contributed by atoms with Crippen LogP contribution in [0.2, 0.25) is 0 Å². The summed E-state index contributed by atoms with van der Waals surface area (Å²) in [6, 6.07) is 7.88. The normalized spacial score (nSPS) is 10.3. The highest BCUT2D eigenvalue weighted by Crippen LogP contribution is 2.20. The molecule has 0 aliphatic carbocycles. The van der Waals surface area contributed by atoms with Gasteiger partial charge in [0.1, 0.15) is 0 Å². The maximum absolute atomic E-state index is 11.6. The molecule has 0 aliphatic heterocycles. The van der Waals surface area contributed by atoms with Crippen molar-refractivity contribution in [2.75, 3.05) is 11.1 Å². The number of carbonyl (C=O) groups excluding carboxylic acids is 1. The number of aryl methyl sites for hydroxylation is 1. The van der Waals surface area contributed by atoms with Crippen LogP contribution in [0.15, 0.2) is 38.2 Å². The van der Waals surface area contributed by atoms with Crippen molar-refractivity contribution >= 4 is 39.6 Å². The number of nitrogens with zero attached hydrogens (tertiary/aromatic N) is 2. The third-order valence-corrected chi connectivity index (χ3v) is 3.50. The number of hydrogen-bond acceptors (Lipinski definition) is 5. The number of anilines is 1. The Kier molecular flexibility index (Phi) is 4.38. The van der Waals surface area contributed by atoms with Crippen LogP contribution in [0, 0.1) is 6.92 Å². The maximum atomic E-state index is 11.6. The average Bonchev–Trinajstić information content (AvgIpc) is 2.74. The van der Waals surface area contributed by atoms with Crippen molar-refractivity contribution in [3.63, 3.8) is 0 Å². The second-order valence-corrected chi connectivity index (χ2v) is 5.40. The Morgan fingerprint density at radius 2 is 2.17 bits per heavy atom. The van der Waals surface area contributed by atoms with Crippen molar-refractivity contribution in [3.05, 3.63) is 34.6 Å². The minimum atomic E-state index is -0.174. The first kappa shape index (κ1) is 13.1. The van der Waals surface area contributed by atoms with Gasteiger partial charge in [-0.2, -0.15) is 4.98 Å². The highest BCUT2D eigenvalue weighted by Gasteiger charge is 2.08. The Morgan fingerprint density at radius 3 is 2.78 bits per heavy atom. The third-order valence-electron chi connectivity index (χ3n) is 1.96. The monoisotopic (exact) mass is 327 g/mol. The molecule has 1 amide bonds. The van der Waals surface area contributed by atoms with Gasteiger partial charge in [-0.1, -0.05) is 21.1 Å². The van der Waals surface area contributed by atoms with Gasteiger partial charge in [0.2, 0.25) is 5.91 Å². The number of thioether (sulfide) groups is 1. The van der Waals surface area contributed by atoms with Crippen LogP contribution in [0.4, 0.5) is 6.01 Å². The fraction of sp³-hybridized carbons (Fsp3) is 0.182. The Hall–Kier alpha value is -1.34. The molecule has 0 atom stereocenters. The van der Waals surface area contributed by atoms with E-state index < -0.39 is 0 Å². The molecule has 0 spiro atoms. The summed E-state index contributed by atoms with van der Waals surface area (Å²) in [4.78, 5) is 16.5. The summed E-state index contributed by atoms with van der Waals surface area (Å²) < 4.78 is 5.81. The second kappa shape index (κ2) is 6.01. The number of halogens is 1. The molecule has 2 rings (SSSR count). The van der Waals surface area contributed by atoms with E-state index in [2.05, 4.69) is 31.4 Å². The smallest absolute Gasteiger partial charge is 0.315 e. The zero-order valence-electron chi connectivity index (χ0n) is 9.51. The number of rotatable bonds is 4. The Labute approximate surface area is 116 Å². The predicted molar refractivity (Wildman–Crippen MR) is 72.5 cm³/mol. The average molecular weight is 328 g/mol. The third kappa shape index (κ3) is 3.85. The molecule has 94 valence electrons. The Bertz CT molecular complexity index is 541. The highest BCUT2D eigenvalue weighted by molar-refractivity contribution is 9.10. The van der Waals surface area contributed by atoms with Crippen LogP contribution in [0.1, 0.15) is 5.82 Å². The van der Waals surface area contributed by atoms with E-state index in [1.807, 2.05) is 24.3 Å². The standard InChI is InChI=1S/C11H10BrN3O2S/c1-7-13-11(17-15-7)14-10(16)6-18-9-4-2-8(12)3-5-9/h2-5H,6H2,1H3,(H,13,14,15,16). The molecular formula is C11H10BrN3O2S. The second-order valence-electron chi connectivity index (χ2n) is 3.44. The van der Waals surface area contributed by atoms with Crippen LogP contribution in [0.3, 0.4) is 0 Å². The lowest BCUT2D eigenvalue weighted by Crippen LogP contribution is -2.14. The van der Waals surface area contributed by atoms with Gasteiger partial charge < -0.3 is 4.52 Å².